The minimum atomic E-state index is -4.89. The molecule has 88 valence electrons. The van der Waals surface area contributed by atoms with Gasteiger partial charge in [-0.25, -0.2) is 8.42 Å². The Morgan fingerprint density at radius 2 is 1.00 bits per heavy atom. The molecule has 15 heavy (non-hydrogen) atoms. The average Bonchev–Trinajstić information content (AvgIpc) is 1.96. The van der Waals surface area contributed by atoms with Crippen molar-refractivity contribution in [2.45, 2.75) is 12.4 Å². The van der Waals surface area contributed by atoms with Crippen LogP contribution in [0.2, 0.25) is 0 Å². The molecule has 0 rings (SSSR count). The van der Waals surface area contributed by atoms with Crippen molar-refractivity contribution in [2.24, 2.45) is 0 Å². The van der Waals surface area contributed by atoms with Gasteiger partial charge in [0.1, 0.15) is 0 Å². The second-order valence-corrected chi connectivity index (χ2v) is 4.00. The standard InChI is InChI=1S/C6H4F6O2S/c7-5(8,9)1-3-15(13,14)4-2-6(10,11)12/h1-4H/b3-1+,4-2?. The zero-order chi connectivity index (χ0) is 12.3. The molecule has 0 aromatic carbocycles. The number of sulfone groups is 1. The third-order valence-corrected chi connectivity index (χ3v) is 1.92. The van der Waals surface area contributed by atoms with E-state index in [0.717, 1.165) is 0 Å². The molecular formula is C6H4F6O2S. The maximum absolute atomic E-state index is 11.5. The van der Waals surface area contributed by atoms with Crippen molar-refractivity contribution in [1.82, 2.24) is 0 Å². The van der Waals surface area contributed by atoms with Gasteiger partial charge in [0, 0.05) is 23.0 Å². The lowest BCUT2D eigenvalue weighted by Crippen LogP contribution is -2.05. The van der Waals surface area contributed by atoms with Crippen molar-refractivity contribution >= 4 is 9.84 Å². The number of alkyl halides is 6. The normalized spacial score (nSPS) is 15.3. The van der Waals surface area contributed by atoms with Crippen LogP contribution in [0.5, 0.6) is 0 Å². The van der Waals surface area contributed by atoms with Crippen LogP contribution in [-0.4, -0.2) is 20.8 Å². The molecule has 0 aromatic rings. The van der Waals surface area contributed by atoms with E-state index in [1.165, 1.54) is 0 Å². The molecule has 0 aliphatic heterocycles. The lowest BCUT2D eigenvalue weighted by molar-refractivity contribution is -0.0804. The summed E-state index contributed by atoms with van der Waals surface area (Å²) in [5.74, 6) is 0. The van der Waals surface area contributed by atoms with Crippen LogP contribution in [0.15, 0.2) is 23.0 Å². The van der Waals surface area contributed by atoms with E-state index in [1.807, 2.05) is 0 Å². The summed E-state index contributed by atoms with van der Waals surface area (Å²) in [5, 5.41) is -0.704. The number of allylic oxidation sites excluding steroid dienone is 2. The van der Waals surface area contributed by atoms with Gasteiger partial charge in [-0.15, -0.1) is 0 Å². The molecule has 0 heterocycles. The van der Waals surface area contributed by atoms with Crippen molar-refractivity contribution in [3.05, 3.63) is 23.0 Å². The minimum Gasteiger partial charge on any atom is -0.220 e. The van der Waals surface area contributed by atoms with Crippen LogP contribution in [0.25, 0.3) is 0 Å². The highest BCUT2D eigenvalue weighted by Gasteiger charge is 2.25. The summed E-state index contributed by atoms with van der Waals surface area (Å²) in [6.07, 6.45) is -11.1. The van der Waals surface area contributed by atoms with E-state index in [9.17, 15) is 34.8 Å². The van der Waals surface area contributed by atoms with Gasteiger partial charge in [-0.05, 0) is 0 Å². The molecular weight excluding hydrogens is 250 g/mol. The first-order valence-electron chi connectivity index (χ1n) is 3.18. The second-order valence-electron chi connectivity index (χ2n) is 2.28. The average molecular weight is 254 g/mol. The van der Waals surface area contributed by atoms with Gasteiger partial charge in [-0.2, -0.15) is 26.3 Å². The van der Waals surface area contributed by atoms with Crippen molar-refractivity contribution in [3.8, 4) is 0 Å². The van der Waals surface area contributed by atoms with Crippen LogP contribution in [0, 0.1) is 0 Å². The highest BCUT2D eigenvalue weighted by molar-refractivity contribution is 7.97. The van der Waals surface area contributed by atoms with Crippen LogP contribution in [0.3, 0.4) is 0 Å². The van der Waals surface area contributed by atoms with Gasteiger partial charge in [0.2, 0.25) is 0 Å². The smallest absolute Gasteiger partial charge is 0.220 e. The Kier molecular flexibility index (Phi) is 3.97. The SMILES string of the molecule is O=S(=O)(C=CC(F)(F)F)/C=C/C(F)(F)F. The molecule has 0 bridgehead atoms. The lowest BCUT2D eigenvalue weighted by atomic mass is 10.6. The van der Waals surface area contributed by atoms with E-state index in [2.05, 4.69) is 0 Å². The number of rotatable bonds is 2. The molecule has 0 fully saturated rings. The minimum absolute atomic E-state index is 0.352. The lowest BCUT2D eigenvalue weighted by Gasteiger charge is -1.98. The van der Waals surface area contributed by atoms with E-state index in [-0.39, 0.29) is 10.8 Å². The second kappa shape index (κ2) is 4.25. The summed E-state index contributed by atoms with van der Waals surface area (Å²) in [7, 11) is -4.65. The fourth-order valence-corrected chi connectivity index (χ4v) is 1.17. The van der Waals surface area contributed by atoms with Crippen molar-refractivity contribution in [2.75, 3.05) is 0 Å². The zero-order valence-electron chi connectivity index (χ0n) is 6.80. The summed E-state index contributed by atoms with van der Waals surface area (Å²) in [6, 6.07) is 0. The molecule has 0 atom stereocenters. The number of hydrogen-bond acceptors (Lipinski definition) is 2. The highest BCUT2D eigenvalue weighted by Crippen LogP contribution is 2.19. The Hall–Kier alpha value is -0.990. The molecule has 0 aliphatic carbocycles. The van der Waals surface area contributed by atoms with E-state index >= 15 is 0 Å². The Morgan fingerprint density at radius 1 is 0.733 bits per heavy atom. The fourth-order valence-electron chi connectivity index (χ4n) is 0.389. The zero-order valence-corrected chi connectivity index (χ0v) is 7.62. The van der Waals surface area contributed by atoms with Crippen molar-refractivity contribution in [3.63, 3.8) is 0 Å². The van der Waals surface area contributed by atoms with E-state index in [1.54, 1.807) is 0 Å². The first-order valence-corrected chi connectivity index (χ1v) is 4.79. The van der Waals surface area contributed by atoms with Gasteiger partial charge < -0.3 is 0 Å². The Labute approximate surface area is 80.8 Å². The maximum Gasteiger partial charge on any atom is 0.410 e. The third-order valence-electron chi connectivity index (χ3n) is 0.893. The summed E-state index contributed by atoms with van der Waals surface area (Å²) >= 11 is 0. The van der Waals surface area contributed by atoms with E-state index < -0.39 is 34.3 Å². The molecule has 0 aliphatic rings. The van der Waals surface area contributed by atoms with Gasteiger partial charge in [-0.3, -0.25) is 0 Å². The van der Waals surface area contributed by atoms with Crippen LogP contribution in [0.1, 0.15) is 0 Å². The van der Waals surface area contributed by atoms with Gasteiger partial charge in [0.15, 0.2) is 9.84 Å². The molecule has 9 heteroatoms. The maximum atomic E-state index is 11.5. The van der Waals surface area contributed by atoms with Gasteiger partial charge in [-0.1, -0.05) is 0 Å². The Bertz CT molecular complexity index is 328. The van der Waals surface area contributed by atoms with Crippen LogP contribution < -0.4 is 0 Å². The molecule has 0 unspecified atom stereocenters. The van der Waals surface area contributed by atoms with Crippen LogP contribution >= 0.6 is 0 Å². The molecule has 0 spiro atoms. The first kappa shape index (κ1) is 14.0. The third kappa shape index (κ3) is 9.32. The summed E-state index contributed by atoms with van der Waals surface area (Å²) in [6.45, 7) is 0. The monoisotopic (exact) mass is 254 g/mol. The van der Waals surface area contributed by atoms with Crippen molar-refractivity contribution in [1.29, 1.82) is 0 Å². The summed E-state index contributed by atoms with van der Waals surface area (Å²) in [5.41, 5.74) is 0. The fraction of sp³-hybridized carbons (Fsp3) is 0.333. The van der Waals surface area contributed by atoms with Crippen LogP contribution in [-0.2, 0) is 9.84 Å². The van der Waals surface area contributed by atoms with Gasteiger partial charge in [0.05, 0.1) is 0 Å². The number of halogens is 6. The molecule has 0 amide bonds. The molecule has 0 radical (unpaired) electrons. The highest BCUT2D eigenvalue weighted by atomic mass is 32.2. The number of hydrogen-bond donors (Lipinski definition) is 0. The van der Waals surface area contributed by atoms with E-state index in [4.69, 9.17) is 0 Å². The molecule has 2 nitrogen and oxygen atoms in total. The predicted molar refractivity (Wildman–Crippen MR) is 39.3 cm³/mol. The van der Waals surface area contributed by atoms with E-state index in [0.29, 0.717) is 0 Å². The summed E-state index contributed by atoms with van der Waals surface area (Å²) < 4.78 is 89.9. The Morgan fingerprint density at radius 3 is 1.20 bits per heavy atom. The predicted octanol–water partition coefficient (Wildman–Crippen LogP) is 2.55. The molecule has 0 saturated heterocycles. The van der Waals surface area contributed by atoms with Gasteiger partial charge >= 0.3 is 12.4 Å². The van der Waals surface area contributed by atoms with Crippen LogP contribution in [0.4, 0.5) is 26.3 Å². The van der Waals surface area contributed by atoms with Gasteiger partial charge in [0.25, 0.3) is 0 Å². The summed E-state index contributed by atoms with van der Waals surface area (Å²) in [4.78, 5) is 0. The molecule has 0 saturated carbocycles. The molecule has 0 N–H and O–H groups in total. The first-order chi connectivity index (χ1) is 6.41. The quantitative estimate of drug-likeness (QED) is 0.709. The Balaban J connectivity index is 4.75. The van der Waals surface area contributed by atoms with Crippen molar-refractivity contribution < 1.29 is 34.8 Å². The largest absolute Gasteiger partial charge is 0.410 e. The molecule has 0 aromatic heterocycles. The topological polar surface area (TPSA) is 34.1 Å².